The minimum atomic E-state index is -2.92. The van der Waals surface area contributed by atoms with Crippen LogP contribution in [0.2, 0.25) is 0 Å². The molecule has 0 heterocycles. The molecule has 1 amide bonds. The number of likely N-dealkylation sites (N-methyl/N-ethyl adjacent to an activating group) is 1. The van der Waals surface area contributed by atoms with E-state index in [1.54, 1.807) is 31.2 Å². The van der Waals surface area contributed by atoms with Gasteiger partial charge in [0.15, 0.2) is 11.5 Å². The molecular weight excluding hydrogens is 370 g/mol. The fraction of sp³-hybridized carbons (Fsp3) is 0.350. The third kappa shape index (κ3) is 6.38. The zero-order valence-corrected chi connectivity index (χ0v) is 16.1. The maximum absolute atomic E-state index is 12.4. The molecule has 0 aromatic heterocycles. The van der Waals surface area contributed by atoms with Gasteiger partial charge in [-0.25, -0.2) is 0 Å². The highest BCUT2D eigenvalue weighted by atomic mass is 19.3. The van der Waals surface area contributed by atoms with E-state index in [0.717, 1.165) is 11.1 Å². The van der Waals surface area contributed by atoms with Crippen LogP contribution in [0, 0.1) is 0 Å². The largest absolute Gasteiger partial charge is 0.496 e. The van der Waals surface area contributed by atoms with Crippen LogP contribution in [0.1, 0.15) is 11.1 Å². The number of alkyl halides is 2. The number of hydrogen-bond acceptors (Lipinski definition) is 5. The van der Waals surface area contributed by atoms with Crippen LogP contribution in [-0.4, -0.2) is 45.2 Å². The van der Waals surface area contributed by atoms with E-state index in [0.29, 0.717) is 18.8 Å². The first-order valence-corrected chi connectivity index (χ1v) is 8.61. The van der Waals surface area contributed by atoms with Gasteiger partial charge >= 0.3 is 6.61 Å². The van der Waals surface area contributed by atoms with Crippen molar-refractivity contribution in [1.29, 1.82) is 0 Å². The molecule has 2 aromatic rings. The first-order chi connectivity index (χ1) is 13.4. The van der Waals surface area contributed by atoms with Crippen molar-refractivity contribution >= 4 is 5.91 Å². The topological polar surface area (TPSA) is 60.0 Å². The lowest BCUT2D eigenvalue weighted by Gasteiger charge is -2.18. The molecule has 0 aliphatic carbocycles. The zero-order valence-electron chi connectivity index (χ0n) is 16.1. The van der Waals surface area contributed by atoms with Gasteiger partial charge in [0.05, 0.1) is 20.8 Å². The highest BCUT2D eigenvalue weighted by Gasteiger charge is 2.13. The van der Waals surface area contributed by atoms with E-state index in [9.17, 15) is 13.6 Å². The van der Waals surface area contributed by atoms with Crippen molar-refractivity contribution in [2.75, 3.05) is 27.8 Å². The van der Waals surface area contributed by atoms with Gasteiger partial charge < -0.3 is 19.5 Å². The van der Waals surface area contributed by atoms with Gasteiger partial charge in [-0.15, -0.1) is 0 Å². The van der Waals surface area contributed by atoms with E-state index >= 15 is 0 Å². The third-order valence-electron chi connectivity index (χ3n) is 3.98. The summed E-state index contributed by atoms with van der Waals surface area (Å²) in [5.41, 5.74) is 1.69. The Bertz CT molecular complexity index is 787. The lowest BCUT2D eigenvalue weighted by molar-refractivity contribution is -0.122. The van der Waals surface area contributed by atoms with Crippen LogP contribution < -0.4 is 19.5 Å². The molecule has 0 saturated carbocycles. The number of para-hydroxylation sites is 1. The van der Waals surface area contributed by atoms with Gasteiger partial charge in [0.2, 0.25) is 5.91 Å². The molecule has 0 unspecified atom stereocenters. The van der Waals surface area contributed by atoms with Crippen LogP contribution in [0.4, 0.5) is 8.78 Å². The van der Waals surface area contributed by atoms with Crippen molar-refractivity contribution < 1.29 is 27.8 Å². The Morgan fingerprint density at radius 3 is 2.46 bits per heavy atom. The molecule has 0 radical (unpaired) electrons. The van der Waals surface area contributed by atoms with Gasteiger partial charge in [-0.2, -0.15) is 8.78 Å². The zero-order chi connectivity index (χ0) is 20.5. The summed E-state index contributed by atoms with van der Waals surface area (Å²) < 4.78 is 39.6. The number of benzene rings is 2. The predicted molar refractivity (Wildman–Crippen MR) is 101 cm³/mol. The second-order valence-corrected chi connectivity index (χ2v) is 6.12. The second kappa shape index (κ2) is 10.5. The van der Waals surface area contributed by atoms with Crippen molar-refractivity contribution in [3.63, 3.8) is 0 Å². The standard InChI is InChI=1S/C20H24F2N2O4/c1-24(12-14-8-9-17(28-20(21)22)18(10-14)27-3)13-19(25)23-11-15-6-4-5-7-16(15)26-2/h4-10,20H,11-13H2,1-3H3,(H,23,25). The summed E-state index contributed by atoms with van der Waals surface area (Å²) in [6, 6.07) is 12.2. The molecule has 0 aliphatic rings. The summed E-state index contributed by atoms with van der Waals surface area (Å²) in [6.07, 6.45) is 0. The molecule has 0 aliphatic heterocycles. The normalized spacial score (nSPS) is 10.8. The molecule has 2 rings (SSSR count). The third-order valence-corrected chi connectivity index (χ3v) is 3.98. The Labute approximate surface area is 163 Å². The molecule has 0 fully saturated rings. The molecule has 1 N–H and O–H groups in total. The molecule has 8 heteroatoms. The van der Waals surface area contributed by atoms with Crippen molar-refractivity contribution in [2.24, 2.45) is 0 Å². The van der Waals surface area contributed by atoms with E-state index < -0.39 is 6.61 Å². The molecule has 0 saturated heterocycles. The van der Waals surface area contributed by atoms with E-state index in [4.69, 9.17) is 9.47 Å². The number of nitrogens with one attached hydrogen (secondary N) is 1. The van der Waals surface area contributed by atoms with Gasteiger partial charge in [0.25, 0.3) is 0 Å². The van der Waals surface area contributed by atoms with Crippen LogP contribution in [0.5, 0.6) is 17.2 Å². The molecule has 6 nitrogen and oxygen atoms in total. The van der Waals surface area contributed by atoms with Crippen LogP contribution in [0.3, 0.4) is 0 Å². The van der Waals surface area contributed by atoms with Gasteiger partial charge in [-0.1, -0.05) is 24.3 Å². The Balaban J connectivity index is 1.89. The van der Waals surface area contributed by atoms with E-state index in [2.05, 4.69) is 10.1 Å². The van der Waals surface area contributed by atoms with E-state index in [-0.39, 0.29) is 24.0 Å². The molecule has 152 valence electrons. The van der Waals surface area contributed by atoms with Gasteiger partial charge in [0, 0.05) is 18.7 Å². The maximum Gasteiger partial charge on any atom is 0.387 e. The fourth-order valence-electron chi connectivity index (χ4n) is 2.72. The number of amides is 1. The Morgan fingerprint density at radius 1 is 1.07 bits per heavy atom. The summed E-state index contributed by atoms with van der Waals surface area (Å²) >= 11 is 0. The van der Waals surface area contributed by atoms with E-state index in [1.807, 2.05) is 24.3 Å². The highest BCUT2D eigenvalue weighted by Crippen LogP contribution is 2.29. The number of nitrogens with zero attached hydrogens (tertiary/aromatic N) is 1. The lowest BCUT2D eigenvalue weighted by atomic mass is 10.2. The molecule has 0 atom stereocenters. The van der Waals surface area contributed by atoms with Crippen molar-refractivity contribution in [3.8, 4) is 17.2 Å². The SMILES string of the molecule is COc1ccccc1CNC(=O)CN(C)Cc1ccc(OC(F)F)c(OC)c1. The molecule has 0 spiro atoms. The van der Waals surface area contributed by atoms with E-state index in [1.165, 1.54) is 13.2 Å². The average molecular weight is 394 g/mol. The average Bonchev–Trinajstić information content (AvgIpc) is 2.67. The molecule has 0 bridgehead atoms. The fourth-order valence-corrected chi connectivity index (χ4v) is 2.72. The van der Waals surface area contributed by atoms with Gasteiger partial charge in [0.1, 0.15) is 5.75 Å². The minimum Gasteiger partial charge on any atom is -0.496 e. The summed E-state index contributed by atoms with van der Waals surface area (Å²) in [4.78, 5) is 14.0. The summed E-state index contributed by atoms with van der Waals surface area (Å²) in [5, 5.41) is 2.85. The molecule has 2 aromatic carbocycles. The van der Waals surface area contributed by atoms with Gasteiger partial charge in [-0.05, 0) is 30.8 Å². The highest BCUT2D eigenvalue weighted by molar-refractivity contribution is 5.78. The van der Waals surface area contributed by atoms with Gasteiger partial charge in [-0.3, -0.25) is 9.69 Å². The monoisotopic (exact) mass is 394 g/mol. The number of halogens is 2. The number of methoxy groups -OCH3 is 2. The van der Waals surface area contributed by atoms with Crippen LogP contribution >= 0.6 is 0 Å². The van der Waals surface area contributed by atoms with Crippen LogP contribution in [0.15, 0.2) is 42.5 Å². The van der Waals surface area contributed by atoms with Crippen molar-refractivity contribution in [3.05, 3.63) is 53.6 Å². The molecule has 28 heavy (non-hydrogen) atoms. The smallest absolute Gasteiger partial charge is 0.387 e. The Hall–Kier alpha value is -2.87. The van der Waals surface area contributed by atoms with Crippen molar-refractivity contribution in [1.82, 2.24) is 10.2 Å². The quantitative estimate of drug-likeness (QED) is 0.671. The minimum absolute atomic E-state index is 0.0292. The summed E-state index contributed by atoms with van der Waals surface area (Å²) in [5.74, 6) is 0.762. The second-order valence-electron chi connectivity index (χ2n) is 6.12. The number of hydrogen-bond donors (Lipinski definition) is 1. The number of carbonyl (C=O) groups excluding carboxylic acids is 1. The first-order valence-electron chi connectivity index (χ1n) is 8.61. The maximum atomic E-state index is 12.4. The predicted octanol–water partition coefficient (Wildman–Crippen LogP) is 3.05. The first kappa shape index (κ1) is 21.4. The number of carbonyl (C=O) groups is 1. The Kier molecular flexibility index (Phi) is 8.01. The summed E-state index contributed by atoms with van der Waals surface area (Å²) in [7, 11) is 4.76. The van der Waals surface area contributed by atoms with Crippen LogP contribution in [-0.2, 0) is 17.9 Å². The van der Waals surface area contributed by atoms with Crippen LogP contribution in [0.25, 0.3) is 0 Å². The Morgan fingerprint density at radius 2 is 1.79 bits per heavy atom. The molecular formula is C20H24F2N2O4. The number of rotatable bonds is 10. The number of ether oxygens (including phenoxy) is 3. The van der Waals surface area contributed by atoms with Crippen molar-refractivity contribution in [2.45, 2.75) is 19.7 Å². The summed E-state index contributed by atoms with van der Waals surface area (Å²) in [6.45, 7) is -1.95. The lowest BCUT2D eigenvalue weighted by Crippen LogP contribution is -2.34.